The Balaban J connectivity index is 1.17. The van der Waals surface area contributed by atoms with Crippen molar-refractivity contribution in [1.29, 1.82) is 0 Å². The van der Waals surface area contributed by atoms with Crippen molar-refractivity contribution in [2.24, 2.45) is 0 Å². The molecule has 3 aromatic carbocycles. The summed E-state index contributed by atoms with van der Waals surface area (Å²) < 4.78 is 13.4. The lowest BCUT2D eigenvalue weighted by atomic mass is 10.1. The molecule has 192 valence electrons. The molecule has 1 aliphatic rings. The number of aromatic nitrogens is 1. The van der Waals surface area contributed by atoms with Crippen LogP contribution in [0.1, 0.15) is 40.0 Å². The number of carboxylic acids is 1. The Morgan fingerprint density at radius 2 is 1.66 bits per heavy atom. The predicted octanol–water partition coefficient (Wildman–Crippen LogP) is 6.40. The monoisotopic (exact) mass is 507 g/mol. The van der Waals surface area contributed by atoms with Crippen LogP contribution in [0.15, 0.2) is 103 Å². The van der Waals surface area contributed by atoms with Gasteiger partial charge in [-0.05, 0) is 78.9 Å². The number of carbonyl (C=O) groups excluding carboxylic acids is 1. The van der Waals surface area contributed by atoms with E-state index in [1.807, 2.05) is 83.6 Å². The van der Waals surface area contributed by atoms with Crippen LogP contribution in [-0.4, -0.2) is 33.6 Å². The first kappa shape index (κ1) is 25.2. The van der Waals surface area contributed by atoms with Gasteiger partial charge in [0.25, 0.3) is 0 Å². The molecule has 0 spiro atoms. The molecule has 1 saturated carbocycles. The van der Waals surface area contributed by atoms with Gasteiger partial charge < -0.3 is 19.1 Å². The van der Waals surface area contributed by atoms with Gasteiger partial charge in [-0.15, -0.1) is 0 Å². The second-order valence-electron chi connectivity index (χ2n) is 9.36. The second-order valence-corrected chi connectivity index (χ2v) is 9.36. The van der Waals surface area contributed by atoms with E-state index >= 15 is 0 Å². The van der Waals surface area contributed by atoms with Gasteiger partial charge in [0.2, 0.25) is 5.78 Å². The molecule has 38 heavy (non-hydrogen) atoms. The van der Waals surface area contributed by atoms with Crippen LogP contribution in [0.5, 0.6) is 11.5 Å². The van der Waals surface area contributed by atoms with E-state index in [0.29, 0.717) is 49.4 Å². The van der Waals surface area contributed by atoms with Gasteiger partial charge in [-0.1, -0.05) is 54.6 Å². The van der Waals surface area contributed by atoms with Crippen LogP contribution in [0.2, 0.25) is 0 Å². The van der Waals surface area contributed by atoms with Crippen molar-refractivity contribution in [3.05, 3.63) is 126 Å². The van der Waals surface area contributed by atoms with Gasteiger partial charge in [0.1, 0.15) is 11.5 Å². The highest BCUT2D eigenvalue weighted by Gasteiger charge is 2.51. The molecule has 0 atom stereocenters. The molecule has 1 N–H and O–H groups in total. The maximum atomic E-state index is 13.2. The van der Waals surface area contributed by atoms with Crippen molar-refractivity contribution < 1.29 is 24.2 Å². The molecule has 0 radical (unpaired) electrons. The van der Waals surface area contributed by atoms with Crippen LogP contribution in [0, 0.1) is 0 Å². The minimum Gasteiger partial charge on any atom is -0.479 e. The van der Waals surface area contributed by atoms with Gasteiger partial charge in [0.05, 0.1) is 12.3 Å². The highest BCUT2D eigenvalue weighted by Crippen LogP contribution is 2.39. The second kappa shape index (κ2) is 11.3. The molecule has 0 saturated heterocycles. The number of nitrogens with zero attached hydrogens (tertiary/aromatic N) is 1. The molecule has 0 amide bonds. The first-order valence-electron chi connectivity index (χ1n) is 12.7. The largest absolute Gasteiger partial charge is 0.479 e. The van der Waals surface area contributed by atoms with E-state index in [1.165, 1.54) is 0 Å². The van der Waals surface area contributed by atoms with Crippen molar-refractivity contribution in [3.8, 4) is 11.5 Å². The highest BCUT2D eigenvalue weighted by atomic mass is 16.5. The summed E-state index contributed by atoms with van der Waals surface area (Å²) in [4.78, 5) is 24.4. The molecular weight excluding hydrogens is 478 g/mol. The van der Waals surface area contributed by atoms with E-state index in [2.05, 4.69) is 6.07 Å². The summed E-state index contributed by atoms with van der Waals surface area (Å²) >= 11 is 0. The van der Waals surface area contributed by atoms with Crippen molar-refractivity contribution in [2.75, 3.05) is 6.61 Å². The molecule has 1 aliphatic carbocycles. The highest BCUT2D eigenvalue weighted by molar-refractivity contribution is 6.08. The van der Waals surface area contributed by atoms with Crippen molar-refractivity contribution in [1.82, 2.24) is 4.57 Å². The third-order valence-corrected chi connectivity index (χ3v) is 6.58. The van der Waals surface area contributed by atoms with Crippen molar-refractivity contribution in [3.63, 3.8) is 0 Å². The van der Waals surface area contributed by atoms with Crippen LogP contribution in [0.3, 0.4) is 0 Å². The van der Waals surface area contributed by atoms with Crippen molar-refractivity contribution >= 4 is 17.8 Å². The molecule has 0 aliphatic heterocycles. The molecule has 0 unspecified atom stereocenters. The zero-order chi connectivity index (χ0) is 26.4. The third kappa shape index (κ3) is 6.10. The first-order valence-corrected chi connectivity index (χ1v) is 12.7. The maximum Gasteiger partial charge on any atom is 0.335 e. The van der Waals surface area contributed by atoms with Gasteiger partial charge in [-0.3, -0.25) is 4.79 Å². The van der Waals surface area contributed by atoms with Crippen molar-refractivity contribution in [2.45, 2.75) is 31.4 Å². The number of aliphatic carboxylic acids is 1. The smallest absolute Gasteiger partial charge is 0.335 e. The number of carboxylic acid groups (broad SMARTS) is 1. The number of allylic oxidation sites excluding steroid dienone is 1. The Bertz CT molecular complexity index is 1430. The Labute approximate surface area is 221 Å². The van der Waals surface area contributed by atoms with E-state index < -0.39 is 11.6 Å². The number of benzene rings is 3. The van der Waals surface area contributed by atoms with Crippen LogP contribution in [-0.2, 0) is 22.5 Å². The van der Waals surface area contributed by atoms with Gasteiger partial charge in [-0.25, -0.2) is 4.79 Å². The molecule has 0 bridgehead atoms. The standard InChI is InChI=1S/C32H29NO5/c34-30(26-13-15-28(16-14-26)38-27-10-2-1-3-11-27)29-12-6-21-33(29)20-5-9-24-7-4-8-25(23-24)17-22-37-32(18-19-32)31(35)36/h1-16,21,23H,17-20,22H2,(H,35,36)/b9-5+. The van der Waals surface area contributed by atoms with E-state index in [-0.39, 0.29) is 5.78 Å². The number of hydrogen-bond acceptors (Lipinski definition) is 4. The van der Waals surface area contributed by atoms with Crippen LogP contribution in [0.4, 0.5) is 0 Å². The van der Waals surface area contributed by atoms with E-state index in [4.69, 9.17) is 9.47 Å². The van der Waals surface area contributed by atoms with E-state index in [9.17, 15) is 14.7 Å². The number of hydrogen-bond donors (Lipinski definition) is 1. The Hall–Kier alpha value is -4.42. The summed E-state index contributed by atoms with van der Waals surface area (Å²) in [5.74, 6) is 0.502. The number of carbonyl (C=O) groups is 2. The molecule has 6 nitrogen and oxygen atoms in total. The predicted molar refractivity (Wildman–Crippen MR) is 146 cm³/mol. The number of ketones is 1. The van der Waals surface area contributed by atoms with Gasteiger partial charge in [0.15, 0.2) is 5.60 Å². The first-order chi connectivity index (χ1) is 18.5. The minimum absolute atomic E-state index is 0.0496. The van der Waals surface area contributed by atoms with Crippen LogP contribution >= 0.6 is 0 Å². The van der Waals surface area contributed by atoms with E-state index in [0.717, 1.165) is 16.9 Å². The molecule has 1 fully saturated rings. The molecule has 1 heterocycles. The average Bonchev–Trinajstić information content (AvgIpc) is 3.59. The van der Waals surface area contributed by atoms with E-state index in [1.54, 1.807) is 24.3 Å². The fourth-order valence-electron chi connectivity index (χ4n) is 4.28. The topological polar surface area (TPSA) is 77.8 Å². The molecule has 4 aromatic rings. The minimum atomic E-state index is -0.957. The molecular formula is C32H29NO5. The molecule has 1 aromatic heterocycles. The molecule has 6 heteroatoms. The zero-order valence-electron chi connectivity index (χ0n) is 21.0. The Kier molecular flexibility index (Phi) is 7.52. The summed E-state index contributed by atoms with van der Waals surface area (Å²) in [6.45, 7) is 0.936. The number of ether oxygens (including phenoxy) is 2. The SMILES string of the molecule is O=C(c1ccc(Oc2ccccc2)cc1)c1cccn1C/C=C/c1cccc(CCOC2(C(=O)O)CC2)c1. The average molecular weight is 508 g/mol. The lowest BCUT2D eigenvalue weighted by molar-refractivity contribution is -0.153. The summed E-state index contributed by atoms with van der Waals surface area (Å²) in [5, 5.41) is 9.24. The fourth-order valence-corrected chi connectivity index (χ4v) is 4.28. The fraction of sp³-hybridized carbons (Fsp3) is 0.188. The maximum absolute atomic E-state index is 13.2. The van der Waals surface area contributed by atoms with Gasteiger partial charge in [-0.2, -0.15) is 0 Å². The summed E-state index contributed by atoms with van der Waals surface area (Å²) in [6, 6.07) is 28.5. The van der Waals surface area contributed by atoms with Gasteiger partial charge in [0, 0.05) is 18.3 Å². The Morgan fingerprint density at radius 1 is 0.895 bits per heavy atom. The summed E-state index contributed by atoms with van der Waals surface area (Å²) in [5.41, 5.74) is 2.38. The van der Waals surface area contributed by atoms with Gasteiger partial charge >= 0.3 is 5.97 Å². The number of rotatable bonds is 12. The lowest BCUT2D eigenvalue weighted by Gasteiger charge is -2.11. The third-order valence-electron chi connectivity index (χ3n) is 6.58. The normalized spacial score (nSPS) is 13.9. The summed E-state index contributed by atoms with van der Waals surface area (Å²) in [7, 11) is 0. The van der Waals surface area contributed by atoms with Crippen LogP contribution in [0.25, 0.3) is 6.08 Å². The summed E-state index contributed by atoms with van der Waals surface area (Å²) in [6.07, 6.45) is 7.77. The zero-order valence-corrected chi connectivity index (χ0v) is 21.0. The van der Waals surface area contributed by atoms with Crippen LogP contribution < -0.4 is 4.74 Å². The lowest BCUT2D eigenvalue weighted by Crippen LogP contribution is -2.26. The Morgan fingerprint density at radius 3 is 2.39 bits per heavy atom. The number of para-hydroxylation sites is 1. The molecule has 5 rings (SSSR count). The quantitative estimate of drug-likeness (QED) is 0.225.